The number of methoxy groups -OCH3 is 2. The van der Waals surface area contributed by atoms with Crippen LogP contribution in [0, 0.1) is 11.8 Å². The van der Waals surface area contributed by atoms with Crippen LogP contribution < -0.4 is 0 Å². The Hall–Kier alpha value is -0.120. The lowest BCUT2D eigenvalue weighted by atomic mass is 9.84. The Bertz CT molecular complexity index is 273. The molecule has 1 aliphatic heterocycles. The molecule has 0 bridgehead atoms. The predicted molar refractivity (Wildman–Crippen MR) is 119 cm³/mol. The highest BCUT2D eigenvalue weighted by Gasteiger charge is 2.40. The Balaban J connectivity index is 0. The Morgan fingerprint density at radius 2 is 1.11 bits per heavy atom. The van der Waals surface area contributed by atoms with Gasteiger partial charge in [-0.1, -0.05) is 106 Å². The zero-order valence-corrected chi connectivity index (χ0v) is 20.2. The Kier molecular flexibility index (Phi) is 22.2. The van der Waals surface area contributed by atoms with Crippen LogP contribution in [0.2, 0.25) is 0 Å². The zero-order chi connectivity index (χ0) is 21.1. The highest BCUT2D eigenvalue weighted by molar-refractivity contribution is 4.85. The van der Waals surface area contributed by atoms with Crippen molar-refractivity contribution in [3.05, 3.63) is 0 Å². The summed E-state index contributed by atoms with van der Waals surface area (Å²) in [6, 6.07) is 0. The summed E-state index contributed by atoms with van der Waals surface area (Å²) in [4.78, 5) is 0. The van der Waals surface area contributed by atoms with Crippen molar-refractivity contribution in [1.82, 2.24) is 0 Å². The molecule has 1 aliphatic rings. The molecule has 1 rings (SSSR count). The van der Waals surface area contributed by atoms with Gasteiger partial charge in [-0.3, -0.25) is 0 Å². The van der Waals surface area contributed by atoms with Crippen LogP contribution in [0.3, 0.4) is 0 Å². The van der Waals surface area contributed by atoms with Gasteiger partial charge in [-0.15, -0.1) is 0 Å². The molecule has 1 saturated heterocycles. The van der Waals surface area contributed by atoms with Gasteiger partial charge >= 0.3 is 0 Å². The molecular weight excluding hydrogens is 336 g/mol. The van der Waals surface area contributed by atoms with Crippen LogP contribution in [0.15, 0.2) is 0 Å². The predicted octanol–water partition coefficient (Wildman–Crippen LogP) is 7.62. The third kappa shape index (κ3) is 13.7. The maximum Gasteiger partial charge on any atom is 0.160 e. The van der Waals surface area contributed by atoms with Gasteiger partial charge in [-0.25, -0.2) is 0 Å². The fourth-order valence-corrected chi connectivity index (χ4v) is 3.43. The number of hydrogen-bond acceptors (Lipinski definition) is 3. The van der Waals surface area contributed by atoms with Crippen LogP contribution in [0.5, 0.6) is 0 Å². The summed E-state index contributed by atoms with van der Waals surface area (Å²) in [6.07, 6.45) is 13.8. The van der Waals surface area contributed by atoms with E-state index in [2.05, 4.69) is 48.5 Å². The van der Waals surface area contributed by atoms with E-state index in [0.29, 0.717) is 11.8 Å². The molecule has 1 fully saturated rings. The van der Waals surface area contributed by atoms with Gasteiger partial charge in [0.1, 0.15) is 0 Å². The molecule has 0 aromatic carbocycles. The van der Waals surface area contributed by atoms with E-state index < -0.39 is 0 Å². The molecule has 27 heavy (non-hydrogen) atoms. The Morgan fingerprint density at radius 3 is 1.41 bits per heavy atom. The van der Waals surface area contributed by atoms with Gasteiger partial charge in [0.25, 0.3) is 0 Å². The lowest BCUT2D eigenvalue weighted by Crippen LogP contribution is -2.50. The van der Waals surface area contributed by atoms with Gasteiger partial charge in [0, 0.05) is 20.1 Å². The van der Waals surface area contributed by atoms with E-state index in [1.54, 1.807) is 14.2 Å². The number of rotatable bonds is 10. The second kappa shape index (κ2) is 20.6. The normalized spacial score (nSPS) is 27.2. The second-order valence-corrected chi connectivity index (χ2v) is 7.87. The molecule has 2 unspecified atom stereocenters. The summed E-state index contributed by atoms with van der Waals surface area (Å²) in [5.41, 5.74) is 0. The topological polar surface area (TPSA) is 27.7 Å². The molecular formula is C24H52O3. The maximum atomic E-state index is 5.82. The smallest absolute Gasteiger partial charge is 0.160 e. The first-order valence-corrected chi connectivity index (χ1v) is 11.7. The Morgan fingerprint density at radius 1 is 0.630 bits per heavy atom. The van der Waals surface area contributed by atoms with Gasteiger partial charge in [0.05, 0.1) is 12.2 Å². The summed E-state index contributed by atoms with van der Waals surface area (Å²) in [6.45, 7) is 15.4. The molecule has 1 heterocycles. The van der Waals surface area contributed by atoms with Gasteiger partial charge in [0.2, 0.25) is 0 Å². The molecule has 0 saturated carbocycles. The molecule has 0 spiro atoms. The summed E-state index contributed by atoms with van der Waals surface area (Å²) >= 11 is 0. The lowest BCUT2D eigenvalue weighted by molar-refractivity contribution is -0.258. The first-order chi connectivity index (χ1) is 13.0. The van der Waals surface area contributed by atoms with E-state index in [0.717, 1.165) is 6.42 Å². The molecule has 0 N–H and O–H groups in total. The van der Waals surface area contributed by atoms with Crippen LogP contribution in [-0.2, 0) is 14.2 Å². The molecule has 3 heteroatoms. The minimum Gasteiger partial charge on any atom is -0.378 e. The van der Waals surface area contributed by atoms with Crippen LogP contribution in [0.25, 0.3) is 0 Å². The van der Waals surface area contributed by atoms with Gasteiger partial charge < -0.3 is 14.2 Å². The second-order valence-electron chi connectivity index (χ2n) is 7.87. The Labute approximate surface area is 171 Å². The van der Waals surface area contributed by atoms with Gasteiger partial charge in [-0.2, -0.15) is 0 Å². The van der Waals surface area contributed by atoms with Crippen LogP contribution in [0.1, 0.15) is 113 Å². The molecule has 0 radical (unpaired) electrons. The van der Waals surface area contributed by atoms with Crippen molar-refractivity contribution in [2.24, 2.45) is 11.8 Å². The van der Waals surface area contributed by atoms with E-state index in [1.165, 1.54) is 57.8 Å². The molecule has 0 amide bonds. The van der Waals surface area contributed by atoms with E-state index in [-0.39, 0.29) is 18.5 Å². The first kappa shape index (κ1) is 29.1. The SMILES string of the molecule is CCC1O[C@H](OC)C(C)[C@@H](C)[C@@H]1OC.CCCCC.CCCCCCCC. The van der Waals surface area contributed by atoms with E-state index in [9.17, 15) is 0 Å². The molecule has 0 aromatic heterocycles. The quantitative estimate of drug-likeness (QED) is 0.360. The van der Waals surface area contributed by atoms with Crippen LogP contribution in [-0.4, -0.2) is 32.7 Å². The minimum absolute atomic E-state index is 0.0821. The summed E-state index contributed by atoms with van der Waals surface area (Å²) in [5.74, 6) is 0.858. The molecule has 3 nitrogen and oxygen atoms in total. The van der Waals surface area contributed by atoms with Crippen LogP contribution >= 0.6 is 0 Å². The number of unbranched alkanes of at least 4 members (excludes halogenated alkanes) is 7. The summed E-state index contributed by atoms with van der Waals surface area (Å²) in [7, 11) is 3.46. The summed E-state index contributed by atoms with van der Waals surface area (Å²) in [5, 5.41) is 0. The van der Waals surface area contributed by atoms with E-state index in [4.69, 9.17) is 14.2 Å². The van der Waals surface area contributed by atoms with Crippen molar-refractivity contribution < 1.29 is 14.2 Å². The highest BCUT2D eigenvalue weighted by Crippen LogP contribution is 2.33. The van der Waals surface area contributed by atoms with Crippen LogP contribution in [0.4, 0.5) is 0 Å². The number of hydrogen-bond donors (Lipinski definition) is 0. The number of ether oxygens (including phenoxy) is 3. The average Bonchev–Trinajstić information content (AvgIpc) is 2.69. The first-order valence-electron chi connectivity index (χ1n) is 11.7. The van der Waals surface area contributed by atoms with Gasteiger partial charge in [0.15, 0.2) is 6.29 Å². The van der Waals surface area contributed by atoms with Crippen molar-refractivity contribution >= 4 is 0 Å². The van der Waals surface area contributed by atoms with Crippen molar-refractivity contribution in [2.75, 3.05) is 14.2 Å². The molecule has 166 valence electrons. The van der Waals surface area contributed by atoms with Crippen molar-refractivity contribution in [3.63, 3.8) is 0 Å². The lowest BCUT2D eigenvalue weighted by Gasteiger charge is -2.43. The molecule has 0 aromatic rings. The third-order valence-electron chi connectivity index (χ3n) is 5.52. The van der Waals surface area contributed by atoms with E-state index >= 15 is 0 Å². The maximum absolute atomic E-state index is 5.82. The fraction of sp³-hybridized carbons (Fsp3) is 1.00. The van der Waals surface area contributed by atoms with Crippen molar-refractivity contribution in [1.29, 1.82) is 0 Å². The standard InChI is InChI=1S/C11H22O3.C8H18.C5H12/c1-6-9-10(12-4)7(2)8(3)11(13-5)14-9;1-3-5-7-8-6-4-2;1-3-5-4-2/h7-11H,6H2,1-5H3;3-8H2,1-2H3;3-5H2,1-2H3/t7-,8?,9?,10+,11+;;/m1../s1. The van der Waals surface area contributed by atoms with E-state index in [1.807, 2.05) is 0 Å². The highest BCUT2D eigenvalue weighted by atomic mass is 16.7. The van der Waals surface area contributed by atoms with Crippen molar-refractivity contribution in [2.45, 2.75) is 131 Å². The zero-order valence-electron chi connectivity index (χ0n) is 20.2. The largest absolute Gasteiger partial charge is 0.378 e. The van der Waals surface area contributed by atoms with Gasteiger partial charge in [-0.05, 0) is 12.3 Å². The molecule has 5 atom stereocenters. The molecule has 0 aliphatic carbocycles. The fourth-order valence-electron chi connectivity index (χ4n) is 3.43. The monoisotopic (exact) mass is 388 g/mol. The minimum atomic E-state index is -0.0821. The summed E-state index contributed by atoms with van der Waals surface area (Å²) < 4.78 is 16.6. The van der Waals surface area contributed by atoms with Crippen molar-refractivity contribution in [3.8, 4) is 0 Å². The average molecular weight is 389 g/mol. The third-order valence-corrected chi connectivity index (χ3v) is 5.52.